The van der Waals surface area contributed by atoms with Crippen LogP contribution in [-0.4, -0.2) is 17.9 Å². The molecule has 1 amide bonds. The Balaban J connectivity index is 2.11. The number of nitrogens with one attached hydrogen (secondary N) is 1. The van der Waals surface area contributed by atoms with E-state index in [-0.39, 0.29) is 17.7 Å². The van der Waals surface area contributed by atoms with Crippen molar-refractivity contribution >= 4 is 11.6 Å². The van der Waals surface area contributed by atoms with E-state index in [9.17, 15) is 14.9 Å². The first-order valence-electron chi connectivity index (χ1n) is 6.74. The highest BCUT2D eigenvalue weighted by Gasteiger charge is 2.12. The number of amides is 1. The highest BCUT2D eigenvalue weighted by Crippen LogP contribution is 2.24. The van der Waals surface area contributed by atoms with Crippen molar-refractivity contribution in [2.75, 3.05) is 7.05 Å². The molecule has 2 aromatic rings. The average molecular weight is 300 g/mol. The van der Waals surface area contributed by atoms with Crippen LogP contribution in [0.2, 0.25) is 0 Å². The van der Waals surface area contributed by atoms with E-state index < -0.39 is 4.92 Å². The number of hydrogen-bond donors (Lipinski definition) is 1. The van der Waals surface area contributed by atoms with Crippen LogP contribution in [0.3, 0.4) is 0 Å². The fourth-order valence-electron chi connectivity index (χ4n) is 1.99. The number of hydrogen-bond acceptors (Lipinski definition) is 4. The molecular weight excluding hydrogens is 284 g/mol. The van der Waals surface area contributed by atoms with Crippen LogP contribution >= 0.6 is 0 Å². The molecule has 0 aliphatic carbocycles. The first-order valence-corrected chi connectivity index (χ1v) is 6.74. The SMILES string of the molecule is CNC(=O)c1ccc(OC(C)c2cccc([N+](=O)[O-])c2)cc1. The van der Waals surface area contributed by atoms with E-state index >= 15 is 0 Å². The van der Waals surface area contributed by atoms with Crippen molar-refractivity contribution in [3.63, 3.8) is 0 Å². The van der Waals surface area contributed by atoms with Crippen molar-refractivity contribution in [2.45, 2.75) is 13.0 Å². The lowest BCUT2D eigenvalue weighted by molar-refractivity contribution is -0.385. The summed E-state index contributed by atoms with van der Waals surface area (Å²) in [6, 6.07) is 13.0. The Labute approximate surface area is 127 Å². The van der Waals surface area contributed by atoms with Crippen LogP contribution in [0.4, 0.5) is 5.69 Å². The predicted octanol–water partition coefficient (Wildman–Crippen LogP) is 3.09. The zero-order chi connectivity index (χ0) is 16.1. The molecule has 2 rings (SSSR count). The molecule has 6 nitrogen and oxygen atoms in total. The molecule has 0 saturated heterocycles. The predicted molar refractivity (Wildman–Crippen MR) is 82.0 cm³/mol. The van der Waals surface area contributed by atoms with Gasteiger partial charge in [-0.05, 0) is 36.8 Å². The fourth-order valence-corrected chi connectivity index (χ4v) is 1.99. The van der Waals surface area contributed by atoms with Crippen molar-refractivity contribution < 1.29 is 14.5 Å². The lowest BCUT2D eigenvalue weighted by Crippen LogP contribution is -2.17. The molecule has 0 radical (unpaired) electrons. The monoisotopic (exact) mass is 300 g/mol. The van der Waals surface area contributed by atoms with Gasteiger partial charge in [0, 0.05) is 24.7 Å². The molecule has 1 atom stereocenters. The number of non-ortho nitro benzene ring substituents is 1. The maximum atomic E-state index is 11.5. The van der Waals surface area contributed by atoms with Gasteiger partial charge in [-0.25, -0.2) is 0 Å². The summed E-state index contributed by atoms with van der Waals surface area (Å²) in [7, 11) is 1.57. The number of ether oxygens (including phenoxy) is 1. The highest BCUT2D eigenvalue weighted by atomic mass is 16.6. The van der Waals surface area contributed by atoms with Crippen LogP contribution in [0.1, 0.15) is 28.9 Å². The van der Waals surface area contributed by atoms with Gasteiger partial charge in [0.15, 0.2) is 0 Å². The van der Waals surface area contributed by atoms with Gasteiger partial charge in [0.05, 0.1) is 4.92 Å². The van der Waals surface area contributed by atoms with Crippen LogP contribution in [0, 0.1) is 10.1 Å². The molecule has 0 bridgehead atoms. The van der Waals surface area contributed by atoms with E-state index in [4.69, 9.17) is 4.74 Å². The van der Waals surface area contributed by atoms with Crippen molar-refractivity contribution in [1.82, 2.24) is 5.32 Å². The third-order valence-electron chi connectivity index (χ3n) is 3.21. The Bertz CT molecular complexity index is 683. The Morgan fingerprint density at radius 2 is 1.91 bits per heavy atom. The zero-order valence-electron chi connectivity index (χ0n) is 12.3. The molecule has 0 aromatic heterocycles. The number of nitro benzene ring substituents is 1. The summed E-state index contributed by atoms with van der Waals surface area (Å²) >= 11 is 0. The number of nitrogens with zero attached hydrogens (tertiary/aromatic N) is 1. The molecule has 114 valence electrons. The average Bonchev–Trinajstić information content (AvgIpc) is 2.54. The summed E-state index contributed by atoms with van der Waals surface area (Å²) < 4.78 is 5.75. The lowest BCUT2D eigenvalue weighted by atomic mass is 10.1. The maximum absolute atomic E-state index is 11.5. The van der Waals surface area contributed by atoms with E-state index in [0.29, 0.717) is 16.9 Å². The minimum atomic E-state index is -0.436. The van der Waals surface area contributed by atoms with Gasteiger partial charge in [0.1, 0.15) is 11.9 Å². The summed E-state index contributed by atoms with van der Waals surface area (Å²) in [5, 5.41) is 13.3. The number of rotatable bonds is 5. The van der Waals surface area contributed by atoms with Crippen LogP contribution in [0.25, 0.3) is 0 Å². The summed E-state index contributed by atoms with van der Waals surface area (Å²) in [5.41, 5.74) is 1.28. The zero-order valence-corrected chi connectivity index (χ0v) is 12.3. The third-order valence-corrected chi connectivity index (χ3v) is 3.21. The van der Waals surface area contributed by atoms with E-state index in [1.165, 1.54) is 12.1 Å². The molecule has 22 heavy (non-hydrogen) atoms. The molecule has 6 heteroatoms. The first kappa shape index (κ1) is 15.5. The number of nitro groups is 1. The van der Waals surface area contributed by atoms with Crippen LogP contribution in [0.5, 0.6) is 5.75 Å². The topological polar surface area (TPSA) is 81.5 Å². The van der Waals surface area contributed by atoms with Crippen molar-refractivity contribution in [3.8, 4) is 5.75 Å². The number of benzene rings is 2. The number of carbonyl (C=O) groups is 1. The van der Waals surface area contributed by atoms with Crippen molar-refractivity contribution in [2.24, 2.45) is 0 Å². The first-order chi connectivity index (χ1) is 10.5. The largest absolute Gasteiger partial charge is 0.486 e. The van der Waals surface area contributed by atoms with Crippen LogP contribution < -0.4 is 10.1 Å². The van der Waals surface area contributed by atoms with Crippen LogP contribution in [0.15, 0.2) is 48.5 Å². The summed E-state index contributed by atoms with van der Waals surface area (Å²) in [6.07, 6.45) is -0.342. The fraction of sp³-hybridized carbons (Fsp3) is 0.188. The molecule has 0 spiro atoms. The normalized spacial score (nSPS) is 11.5. The molecule has 0 heterocycles. The molecule has 0 aliphatic heterocycles. The molecule has 0 fully saturated rings. The van der Waals surface area contributed by atoms with Gasteiger partial charge in [-0.15, -0.1) is 0 Å². The smallest absolute Gasteiger partial charge is 0.269 e. The second-order valence-electron chi connectivity index (χ2n) is 4.72. The highest BCUT2D eigenvalue weighted by molar-refractivity contribution is 5.94. The van der Waals surface area contributed by atoms with E-state index in [2.05, 4.69) is 5.32 Å². The van der Waals surface area contributed by atoms with E-state index in [0.717, 1.165) is 0 Å². The Hall–Kier alpha value is -2.89. The molecule has 1 N–H and O–H groups in total. The summed E-state index contributed by atoms with van der Waals surface area (Å²) in [5.74, 6) is 0.421. The molecule has 2 aromatic carbocycles. The van der Waals surface area contributed by atoms with Gasteiger partial charge in [-0.2, -0.15) is 0 Å². The lowest BCUT2D eigenvalue weighted by Gasteiger charge is -2.15. The Morgan fingerprint density at radius 3 is 2.50 bits per heavy atom. The second kappa shape index (κ2) is 6.71. The summed E-state index contributed by atoms with van der Waals surface area (Å²) in [6.45, 7) is 1.81. The minimum Gasteiger partial charge on any atom is -0.486 e. The van der Waals surface area contributed by atoms with Crippen molar-refractivity contribution in [3.05, 3.63) is 69.8 Å². The molecule has 0 aliphatic rings. The van der Waals surface area contributed by atoms with Gasteiger partial charge in [0.2, 0.25) is 0 Å². The van der Waals surface area contributed by atoms with E-state index in [1.807, 2.05) is 6.92 Å². The van der Waals surface area contributed by atoms with Gasteiger partial charge < -0.3 is 10.1 Å². The van der Waals surface area contributed by atoms with Gasteiger partial charge >= 0.3 is 0 Å². The molecule has 0 saturated carbocycles. The standard InChI is InChI=1S/C16H16N2O4/c1-11(13-4-3-5-14(10-13)18(20)21)22-15-8-6-12(7-9-15)16(19)17-2/h3-11H,1-2H3,(H,17,19). The van der Waals surface area contributed by atoms with Gasteiger partial charge in [0.25, 0.3) is 11.6 Å². The maximum Gasteiger partial charge on any atom is 0.269 e. The van der Waals surface area contributed by atoms with Crippen LogP contribution in [-0.2, 0) is 0 Å². The number of carbonyl (C=O) groups excluding carboxylic acids is 1. The molecular formula is C16H16N2O4. The minimum absolute atomic E-state index is 0.0305. The van der Waals surface area contributed by atoms with E-state index in [1.54, 1.807) is 43.4 Å². The van der Waals surface area contributed by atoms with Gasteiger partial charge in [-0.3, -0.25) is 14.9 Å². The Kier molecular flexibility index (Phi) is 4.73. The Morgan fingerprint density at radius 1 is 1.23 bits per heavy atom. The summed E-state index contributed by atoms with van der Waals surface area (Å²) in [4.78, 5) is 21.8. The quantitative estimate of drug-likeness (QED) is 0.679. The second-order valence-corrected chi connectivity index (χ2v) is 4.72. The van der Waals surface area contributed by atoms with Crippen molar-refractivity contribution in [1.29, 1.82) is 0 Å². The third kappa shape index (κ3) is 3.60. The van der Waals surface area contributed by atoms with Gasteiger partial charge in [-0.1, -0.05) is 12.1 Å². The molecule has 1 unspecified atom stereocenters.